The van der Waals surface area contributed by atoms with Crippen molar-refractivity contribution in [1.29, 1.82) is 0 Å². The third-order valence-corrected chi connectivity index (χ3v) is 3.67. The number of hydrogen-bond acceptors (Lipinski definition) is 4. The molecule has 7 heteroatoms. The van der Waals surface area contributed by atoms with Gasteiger partial charge in [-0.3, -0.25) is 4.68 Å². The van der Waals surface area contributed by atoms with Crippen molar-refractivity contribution in [2.45, 2.75) is 39.3 Å². The third-order valence-electron chi connectivity index (χ3n) is 3.23. The molecule has 0 aliphatic carbocycles. The SMILES string of the molecule is CCc1nn(CC)c(CC(NC)c2cn[nH]n2)c1Cl. The highest BCUT2D eigenvalue weighted by Crippen LogP contribution is 2.26. The lowest BCUT2D eigenvalue weighted by molar-refractivity contribution is 0.530. The first kappa shape index (κ1) is 14.0. The van der Waals surface area contributed by atoms with Gasteiger partial charge in [0.15, 0.2) is 0 Å². The number of nitrogens with zero attached hydrogens (tertiary/aromatic N) is 4. The summed E-state index contributed by atoms with van der Waals surface area (Å²) in [5, 5.41) is 19.1. The first-order valence-corrected chi connectivity index (χ1v) is 6.86. The third kappa shape index (κ3) is 2.79. The fourth-order valence-corrected chi connectivity index (χ4v) is 2.48. The van der Waals surface area contributed by atoms with Crippen LogP contribution < -0.4 is 5.32 Å². The van der Waals surface area contributed by atoms with Crippen LogP contribution in [0.2, 0.25) is 5.02 Å². The normalized spacial score (nSPS) is 12.8. The van der Waals surface area contributed by atoms with E-state index in [-0.39, 0.29) is 6.04 Å². The number of halogens is 1. The molecule has 6 nitrogen and oxygen atoms in total. The van der Waals surface area contributed by atoms with Crippen LogP contribution in [0, 0.1) is 0 Å². The van der Waals surface area contributed by atoms with E-state index in [1.807, 2.05) is 11.7 Å². The molecule has 2 N–H and O–H groups in total. The Hall–Kier alpha value is -1.40. The van der Waals surface area contributed by atoms with Crippen LogP contribution in [0.5, 0.6) is 0 Å². The maximum atomic E-state index is 6.42. The summed E-state index contributed by atoms with van der Waals surface area (Å²) in [5.41, 5.74) is 2.87. The van der Waals surface area contributed by atoms with Gasteiger partial charge in [-0.05, 0) is 20.4 Å². The molecule has 2 rings (SSSR count). The van der Waals surface area contributed by atoms with Gasteiger partial charge in [0.2, 0.25) is 0 Å². The van der Waals surface area contributed by atoms with Gasteiger partial charge in [-0.1, -0.05) is 18.5 Å². The van der Waals surface area contributed by atoms with Gasteiger partial charge in [-0.15, -0.1) is 0 Å². The number of nitrogens with one attached hydrogen (secondary N) is 2. The van der Waals surface area contributed by atoms with Gasteiger partial charge < -0.3 is 5.32 Å². The van der Waals surface area contributed by atoms with Crippen LogP contribution in [0.3, 0.4) is 0 Å². The summed E-state index contributed by atoms with van der Waals surface area (Å²) in [6.45, 7) is 4.94. The number of aromatic amines is 1. The molecular formula is C12H19ClN6. The van der Waals surface area contributed by atoms with E-state index in [1.54, 1.807) is 6.20 Å². The Morgan fingerprint density at radius 1 is 1.47 bits per heavy atom. The minimum atomic E-state index is 0.0722. The molecule has 2 aromatic rings. The predicted octanol–water partition coefficient (Wildman–Crippen LogP) is 1.74. The van der Waals surface area contributed by atoms with E-state index in [4.69, 9.17) is 11.6 Å². The Bertz CT molecular complexity index is 519. The molecule has 2 aromatic heterocycles. The van der Waals surface area contributed by atoms with E-state index < -0.39 is 0 Å². The molecule has 19 heavy (non-hydrogen) atoms. The molecule has 1 atom stereocenters. The zero-order valence-electron chi connectivity index (χ0n) is 11.4. The molecule has 0 aliphatic rings. The summed E-state index contributed by atoms with van der Waals surface area (Å²) in [6, 6.07) is 0.0722. The first-order valence-electron chi connectivity index (χ1n) is 6.48. The first-order chi connectivity index (χ1) is 9.21. The standard InChI is InChI=1S/C12H19ClN6/c1-4-8-12(13)11(19(5-2)17-8)6-9(14-3)10-7-15-18-16-10/h7,9,14H,4-6H2,1-3H3,(H,15,16,18). The molecule has 2 heterocycles. The second-order valence-corrected chi connectivity index (χ2v) is 4.69. The Morgan fingerprint density at radius 3 is 2.79 bits per heavy atom. The highest BCUT2D eigenvalue weighted by atomic mass is 35.5. The highest BCUT2D eigenvalue weighted by Gasteiger charge is 2.20. The highest BCUT2D eigenvalue weighted by molar-refractivity contribution is 6.31. The summed E-state index contributed by atoms with van der Waals surface area (Å²) in [5.74, 6) is 0. The molecule has 1 unspecified atom stereocenters. The molecule has 0 bridgehead atoms. The van der Waals surface area contributed by atoms with Crippen LogP contribution in [0.1, 0.15) is 37.0 Å². The smallest absolute Gasteiger partial charge is 0.0997 e. The lowest BCUT2D eigenvalue weighted by Crippen LogP contribution is -2.21. The number of likely N-dealkylation sites (N-methyl/N-ethyl adjacent to an activating group) is 1. The van der Waals surface area contributed by atoms with E-state index in [0.717, 1.165) is 41.5 Å². The van der Waals surface area contributed by atoms with Crippen molar-refractivity contribution in [2.24, 2.45) is 0 Å². The quantitative estimate of drug-likeness (QED) is 0.847. The van der Waals surface area contributed by atoms with Gasteiger partial charge in [0.25, 0.3) is 0 Å². The lowest BCUT2D eigenvalue weighted by Gasteiger charge is -2.14. The van der Waals surface area contributed by atoms with E-state index >= 15 is 0 Å². The van der Waals surface area contributed by atoms with Gasteiger partial charge in [-0.25, -0.2) is 0 Å². The molecule has 0 aliphatic heterocycles. The molecule has 104 valence electrons. The van der Waals surface area contributed by atoms with Crippen molar-refractivity contribution >= 4 is 11.6 Å². The summed E-state index contributed by atoms with van der Waals surface area (Å²) in [6.07, 6.45) is 3.30. The number of H-pyrrole nitrogens is 1. The fraction of sp³-hybridized carbons (Fsp3) is 0.583. The largest absolute Gasteiger partial charge is 0.311 e. The number of aromatic nitrogens is 5. The van der Waals surface area contributed by atoms with Crippen molar-refractivity contribution in [1.82, 2.24) is 30.5 Å². The van der Waals surface area contributed by atoms with Gasteiger partial charge in [0.05, 0.1) is 34.3 Å². The van der Waals surface area contributed by atoms with Gasteiger partial charge in [0, 0.05) is 13.0 Å². The summed E-state index contributed by atoms with van der Waals surface area (Å²) < 4.78 is 1.96. The van der Waals surface area contributed by atoms with Crippen LogP contribution >= 0.6 is 11.6 Å². The van der Waals surface area contributed by atoms with E-state index in [2.05, 4.69) is 39.7 Å². The Labute approximate surface area is 117 Å². The Morgan fingerprint density at radius 2 is 2.26 bits per heavy atom. The molecular weight excluding hydrogens is 264 g/mol. The van der Waals surface area contributed by atoms with Gasteiger partial charge in [0.1, 0.15) is 0 Å². The summed E-state index contributed by atoms with van der Waals surface area (Å²) in [4.78, 5) is 0. The zero-order chi connectivity index (χ0) is 13.8. The number of rotatable bonds is 6. The predicted molar refractivity (Wildman–Crippen MR) is 74.2 cm³/mol. The van der Waals surface area contributed by atoms with Crippen LogP contribution in [0.25, 0.3) is 0 Å². The molecule has 0 saturated carbocycles. The van der Waals surface area contributed by atoms with Crippen LogP contribution in [-0.2, 0) is 19.4 Å². The minimum Gasteiger partial charge on any atom is -0.311 e. The van der Waals surface area contributed by atoms with E-state index in [1.165, 1.54) is 0 Å². The second-order valence-electron chi connectivity index (χ2n) is 4.32. The monoisotopic (exact) mass is 282 g/mol. The lowest BCUT2D eigenvalue weighted by atomic mass is 10.1. The van der Waals surface area contributed by atoms with Gasteiger partial charge in [-0.2, -0.15) is 20.5 Å². The Balaban J connectivity index is 2.29. The minimum absolute atomic E-state index is 0.0722. The van der Waals surface area contributed by atoms with E-state index in [9.17, 15) is 0 Å². The van der Waals surface area contributed by atoms with Crippen LogP contribution in [-0.4, -0.2) is 32.2 Å². The topological polar surface area (TPSA) is 71.4 Å². The van der Waals surface area contributed by atoms with Crippen molar-refractivity contribution in [3.63, 3.8) is 0 Å². The molecule has 0 saturated heterocycles. The van der Waals surface area contributed by atoms with E-state index in [0.29, 0.717) is 0 Å². The van der Waals surface area contributed by atoms with Crippen molar-refractivity contribution in [3.8, 4) is 0 Å². The van der Waals surface area contributed by atoms with Crippen LogP contribution in [0.4, 0.5) is 0 Å². The average Bonchev–Trinajstić information content (AvgIpc) is 3.04. The summed E-state index contributed by atoms with van der Waals surface area (Å²) >= 11 is 6.42. The number of aryl methyl sites for hydroxylation is 2. The maximum Gasteiger partial charge on any atom is 0.0997 e. The summed E-state index contributed by atoms with van der Waals surface area (Å²) in [7, 11) is 1.90. The average molecular weight is 283 g/mol. The molecule has 0 aromatic carbocycles. The van der Waals surface area contributed by atoms with Crippen molar-refractivity contribution < 1.29 is 0 Å². The molecule has 0 spiro atoms. The van der Waals surface area contributed by atoms with Crippen LogP contribution in [0.15, 0.2) is 6.20 Å². The Kier molecular flexibility index (Phi) is 4.55. The molecule has 0 amide bonds. The second kappa shape index (κ2) is 6.16. The molecule has 0 fully saturated rings. The van der Waals surface area contributed by atoms with Crippen molar-refractivity contribution in [2.75, 3.05) is 7.05 Å². The van der Waals surface area contributed by atoms with Crippen molar-refractivity contribution in [3.05, 3.63) is 28.3 Å². The fourth-order valence-electron chi connectivity index (χ4n) is 2.14. The zero-order valence-corrected chi connectivity index (χ0v) is 12.2. The maximum absolute atomic E-state index is 6.42. The van der Waals surface area contributed by atoms with Gasteiger partial charge >= 0.3 is 0 Å². The molecule has 0 radical (unpaired) electrons. The number of hydrogen-bond donors (Lipinski definition) is 2.